The monoisotopic (exact) mass is 289 g/mol. The molecule has 0 aromatic heterocycles. The van der Waals surface area contributed by atoms with Crippen molar-refractivity contribution in [1.29, 1.82) is 0 Å². The highest BCUT2D eigenvalue weighted by Gasteiger charge is 2.21. The van der Waals surface area contributed by atoms with Crippen molar-refractivity contribution in [2.45, 2.75) is 45.8 Å². The van der Waals surface area contributed by atoms with Crippen LogP contribution in [0.1, 0.15) is 37.8 Å². The van der Waals surface area contributed by atoms with Gasteiger partial charge in [-0.25, -0.2) is 0 Å². The van der Waals surface area contributed by atoms with E-state index in [-0.39, 0.29) is 11.9 Å². The van der Waals surface area contributed by atoms with E-state index in [9.17, 15) is 4.79 Å². The minimum Gasteiger partial charge on any atom is -0.351 e. The van der Waals surface area contributed by atoms with E-state index in [4.69, 9.17) is 0 Å². The van der Waals surface area contributed by atoms with Gasteiger partial charge in [0, 0.05) is 13.1 Å². The SMILES string of the molecule is CCN(CC)Cc1ccc(CNC(=O)[C@H]2CCCN2)cc1. The number of nitrogens with zero attached hydrogens (tertiary/aromatic N) is 1. The Labute approximate surface area is 127 Å². The smallest absolute Gasteiger partial charge is 0.237 e. The zero-order valence-electron chi connectivity index (χ0n) is 13.2. The minimum absolute atomic E-state index is 0.00643. The standard InChI is InChI=1S/C17H27N3O/c1-3-20(4-2)13-15-9-7-14(8-10-15)12-19-17(21)16-6-5-11-18-16/h7-10,16,18H,3-6,11-13H2,1-2H3,(H,19,21)/t16-/m1/s1. The van der Waals surface area contributed by atoms with Gasteiger partial charge >= 0.3 is 0 Å². The van der Waals surface area contributed by atoms with Gasteiger partial charge in [0.1, 0.15) is 0 Å². The largest absolute Gasteiger partial charge is 0.351 e. The van der Waals surface area contributed by atoms with Crippen molar-refractivity contribution in [2.75, 3.05) is 19.6 Å². The van der Waals surface area contributed by atoms with Gasteiger partial charge in [-0.3, -0.25) is 9.69 Å². The summed E-state index contributed by atoms with van der Waals surface area (Å²) in [6, 6.07) is 8.55. The molecule has 0 aliphatic carbocycles. The Balaban J connectivity index is 1.80. The molecule has 0 saturated carbocycles. The van der Waals surface area contributed by atoms with Crippen LogP contribution >= 0.6 is 0 Å². The summed E-state index contributed by atoms with van der Waals surface area (Å²) in [6.07, 6.45) is 2.05. The quantitative estimate of drug-likeness (QED) is 0.806. The van der Waals surface area contributed by atoms with Crippen LogP contribution in [0.4, 0.5) is 0 Å². The van der Waals surface area contributed by atoms with Gasteiger partial charge < -0.3 is 10.6 Å². The molecule has 1 aromatic rings. The van der Waals surface area contributed by atoms with Gasteiger partial charge in [-0.2, -0.15) is 0 Å². The van der Waals surface area contributed by atoms with E-state index < -0.39 is 0 Å². The molecule has 0 unspecified atom stereocenters. The second-order valence-corrected chi connectivity index (χ2v) is 5.64. The van der Waals surface area contributed by atoms with Gasteiger partial charge in [-0.15, -0.1) is 0 Å². The molecule has 2 N–H and O–H groups in total. The van der Waals surface area contributed by atoms with Gasteiger partial charge in [-0.1, -0.05) is 38.1 Å². The van der Waals surface area contributed by atoms with Gasteiger partial charge in [0.05, 0.1) is 6.04 Å². The molecule has 1 saturated heterocycles. The summed E-state index contributed by atoms with van der Waals surface area (Å²) in [6.45, 7) is 9.08. The average molecular weight is 289 g/mol. The summed E-state index contributed by atoms with van der Waals surface area (Å²) in [5, 5.41) is 6.23. The summed E-state index contributed by atoms with van der Waals surface area (Å²) in [7, 11) is 0. The van der Waals surface area contributed by atoms with Crippen molar-refractivity contribution >= 4 is 5.91 Å². The Hall–Kier alpha value is -1.39. The maximum Gasteiger partial charge on any atom is 0.237 e. The molecule has 4 heteroatoms. The first-order valence-corrected chi connectivity index (χ1v) is 8.04. The third-order valence-corrected chi connectivity index (χ3v) is 4.17. The number of benzene rings is 1. The predicted molar refractivity (Wildman–Crippen MR) is 85.9 cm³/mol. The first kappa shape index (κ1) is 16.0. The summed E-state index contributed by atoms with van der Waals surface area (Å²) < 4.78 is 0. The second-order valence-electron chi connectivity index (χ2n) is 5.64. The molecule has 4 nitrogen and oxygen atoms in total. The van der Waals surface area contributed by atoms with Crippen LogP contribution in [-0.2, 0) is 17.9 Å². The number of hydrogen-bond acceptors (Lipinski definition) is 3. The fourth-order valence-electron chi connectivity index (χ4n) is 2.69. The lowest BCUT2D eigenvalue weighted by atomic mass is 10.1. The van der Waals surface area contributed by atoms with E-state index in [1.54, 1.807) is 0 Å². The van der Waals surface area contributed by atoms with Crippen molar-refractivity contribution in [3.8, 4) is 0 Å². The Morgan fingerprint density at radius 3 is 2.48 bits per heavy atom. The van der Waals surface area contributed by atoms with E-state index in [1.165, 1.54) is 5.56 Å². The number of amides is 1. The molecule has 21 heavy (non-hydrogen) atoms. The van der Waals surface area contributed by atoms with Crippen LogP contribution in [0.5, 0.6) is 0 Å². The Bertz CT molecular complexity index is 434. The van der Waals surface area contributed by atoms with Crippen LogP contribution in [0.3, 0.4) is 0 Å². The van der Waals surface area contributed by atoms with Gasteiger partial charge in [0.15, 0.2) is 0 Å². The number of carbonyl (C=O) groups excluding carboxylic acids is 1. The number of hydrogen-bond donors (Lipinski definition) is 2. The third-order valence-electron chi connectivity index (χ3n) is 4.17. The third kappa shape index (κ3) is 4.83. The van der Waals surface area contributed by atoms with Crippen LogP contribution in [0.25, 0.3) is 0 Å². The molecule has 1 heterocycles. The van der Waals surface area contributed by atoms with E-state index in [2.05, 4.69) is 53.6 Å². The molecule has 1 fully saturated rings. The summed E-state index contributed by atoms with van der Waals surface area (Å²) in [5.74, 6) is 0.125. The van der Waals surface area contributed by atoms with E-state index >= 15 is 0 Å². The lowest BCUT2D eigenvalue weighted by Gasteiger charge is -2.18. The number of nitrogens with one attached hydrogen (secondary N) is 2. The van der Waals surface area contributed by atoms with Crippen molar-refractivity contribution in [3.63, 3.8) is 0 Å². The van der Waals surface area contributed by atoms with Crippen molar-refractivity contribution < 1.29 is 4.79 Å². The number of rotatable bonds is 7. The van der Waals surface area contributed by atoms with Gasteiger partial charge in [0.25, 0.3) is 0 Å². The highest BCUT2D eigenvalue weighted by molar-refractivity contribution is 5.81. The van der Waals surface area contributed by atoms with Crippen LogP contribution in [-0.4, -0.2) is 36.5 Å². The van der Waals surface area contributed by atoms with E-state index in [0.29, 0.717) is 6.54 Å². The van der Waals surface area contributed by atoms with Gasteiger partial charge in [0.2, 0.25) is 5.91 Å². The maximum absolute atomic E-state index is 11.9. The topological polar surface area (TPSA) is 44.4 Å². The molecular formula is C17H27N3O. The molecule has 1 amide bonds. The maximum atomic E-state index is 11.9. The van der Waals surface area contributed by atoms with E-state index in [1.807, 2.05) is 0 Å². The lowest BCUT2D eigenvalue weighted by Crippen LogP contribution is -2.39. The Morgan fingerprint density at radius 2 is 1.90 bits per heavy atom. The molecule has 0 radical (unpaired) electrons. The van der Waals surface area contributed by atoms with Crippen LogP contribution in [0.2, 0.25) is 0 Å². The second kappa shape index (κ2) is 8.15. The summed E-state index contributed by atoms with van der Waals surface area (Å²) in [5.41, 5.74) is 2.48. The normalized spacial score (nSPS) is 18.1. The highest BCUT2D eigenvalue weighted by Crippen LogP contribution is 2.09. The van der Waals surface area contributed by atoms with Crippen molar-refractivity contribution in [2.24, 2.45) is 0 Å². The van der Waals surface area contributed by atoms with Crippen LogP contribution in [0.15, 0.2) is 24.3 Å². The summed E-state index contributed by atoms with van der Waals surface area (Å²) in [4.78, 5) is 14.3. The first-order chi connectivity index (χ1) is 10.2. The Kier molecular flexibility index (Phi) is 6.21. The molecule has 1 aromatic carbocycles. The highest BCUT2D eigenvalue weighted by atomic mass is 16.2. The molecule has 1 aliphatic heterocycles. The summed E-state index contributed by atoms with van der Waals surface area (Å²) >= 11 is 0. The molecule has 1 aliphatic rings. The Morgan fingerprint density at radius 1 is 1.24 bits per heavy atom. The lowest BCUT2D eigenvalue weighted by molar-refractivity contribution is -0.122. The molecule has 1 atom stereocenters. The van der Waals surface area contributed by atoms with Crippen molar-refractivity contribution in [3.05, 3.63) is 35.4 Å². The van der Waals surface area contributed by atoms with Crippen LogP contribution in [0, 0.1) is 0 Å². The molecule has 2 rings (SSSR count). The number of carbonyl (C=O) groups is 1. The van der Waals surface area contributed by atoms with Crippen LogP contribution < -0.4 is 10.6 Å². The minimum atomic E-state index is 0.00643. The molecular weight excluding hydrogens is 262 g/mol. The zero-order chi connectivity index (χ0) is 15.1. The fourth-order valence-corrected chi connectivity index (χ4v) is 2.69. The molecule has 116 valence electrons. The predicted octanol–water partition coefficient (Wildman–Crippen LogP) is 1.90. The first-order valence-electron chi connectivity index (χ1n) is 8.04. The fraction of sp³-hybridized carbons (Fsp3) is 0.588. The van der Waals surface area contributed by atoms with Gasteiger partial charge in [-0.05, 0) is 43.6 Å². The average Bonchev–Trinajstić information content (AvgIpc) is 3.06. The molecule has 0 bridgehead atoms. The zero-order valence-corrected chi connectivity index (χ0v) is 13.2. The van der Waals surface area contributed by atoms with Crippen molar-refractivity contribution in [1.82, 2.24) is 15.5 Å². The molecule has 0 spiro atoms. The van der Waals surface area contributed by atoms with E-state index in [0.717, 1.165) is 44.6 Å².